The van der Waals surface area contributed by atoms with Crippen LogP contribution in [0.1, 0.15) is 10.4 Å². The molecule has 0 unspecified atom stereocenters. The van der Waals surface area contributed by atoms with Crippen LogP contribution in [0.5, 0.6) is 11.5 Å². The standard InChI is InChI=1S/C19H18ClNO5S/c1-25-14-7-8-17(18(11-14)26-2)21(13-9-10-27(23,24)12-13)19(22)15-5-3-4-6-16(15)20/h3-11,13H,12H2,1-2H3/t13-/m1/s1. The van der Waals surface area contributed by atoms with Crippen molar-refractivity contribution in [2.45, 2.75) is 6.04 Å². The molecule has 0 radical (unpaired) electrons. The molecule has 1 aliphatic heterocycles. The number of carbonyl (C=O) groups excluding carboxylic acids is 1. The number of benzene rings is 2. The maximum absolute atomic E-state index is 13.3. The number of sulfone groups is 1. The van der Waals surface area contributed by atoms with E-state index in [4.69, 9.17) is 21.1 Å². The van der Waals surface area contributed by atoms with Gasteiger partial charge in [0.05, 0.1) is 42.3 Å². The molecule has 6 nitrogen and oxygen atoms in total. The van der Waals surface area contributed by atoms with Gasteiger partial charge in [0, 0.05) is 11.5 Å². The second-order valence-electron chi connectivity index (χ2n) is 5.92. The number of nitrogens with zero attached hydrogens (tertiary/aromatic N) is 1. The molecule has 27 heavy (non-hydrogen) atoms. The van der Waals surface area contributed by atoms with Gasteiger partial charge >= 0.3 is 0 Å². The second kappa shape index (κ2) is 7.62. The van der Waals surface area contributed by atoms with E-state index in [9.17, 15) is 13.2 Å². The summed E-state index contributed by atoms with van der Waals surface area (Å²) in [6.45, 7) is 0. The van der Waals surface area contributed by atoms with E-state index in [1.165, 1.54) is 25.2 Å². The maximum atomic E-state index is 13.3. The maximum Gasteiger partial charge on any atom is 0.260 e. The SMILES string of the molecule is COc1ccc(N(C(=O)c2ccccc2Cl)[C@@H]2C=CS(=O)(=O)C2)c(OC)c1. The Labute approximate surface area is 162 Å². The molecule has 0 fully saturated rings. The van der Waals surface area contributed by atoms with Gasteiger partial charge in [0.25, 0.3) is 5.91 Å². The fraction of sp³-hybridized carbons (Fsp3) is 0.211. The van der Waals surface area contributed by atoms with Crippen LogP contribution >= 0.6 is 11.6 Å². The Balaban J connectivity index is 2.13. The van der Waals surface area contributed by atoms with E-state index in [0.717, 1.165) is 5.41 Å². The van der Waals surface area contributed by atoms with Crippen LogP contribution in [-0.2, 0) is 9.84 Å². The quantitative estimate of drug-likeness (QED) is 0.760. The van der Waals surface area contributed by atoms with Crippen LogP contribution in [0, 0.1) is 0 Å². The first-order chi connectivity index (χ1) is 12.9. The van der Waals surface area contributed by atoms with Crippen molar-refractivity contribution in [3.8, 4) is 11.5 Å². The molecule has 3 rings (SSSR count). The van der Waals surface area contributed by atoms with Crippen LogP contribution in [-0.4, -0.2) is 40.3 Å². The van der Waals surface area contributed by atoms with Crippen molar-refractivity contribution < 1.29 is 22.7 Å². The molecule has 0 spiro atoms. The van der Waals surface area contributed by atoms with Gasteiger partial charge in [0.15, 0.2) is 9.84 Å². The zero-order chi connectivity index (χ0) is 19.6. The number of halogens is 1. The van der Waals surface area contributed by atoms with Gasteiger partial charge in [-0.2, -0.15) is 0 Å². The summed E-state index contributed by atoms with van der Waals surface area (Å²) in [7, 11) is -0.389. The zero-order valence-corrected chi connectivity index (χ0v) is 16.3. The summed E-state index contributed by atoms with van der Waals surface area (Å²) >= 11 is 6.20. The topological polar surface area (TPSA) is 72.9 Å². The van der Waals surface area contributed by atoms with Crippen LogP contribution in [0.2, 0.25) is 5.02 Å². The van der Waals surface area contributed by atoms with Crippen molar-refractivity contribution in [3.05, 3.63) is 64.5 Å². The largest absolute Gasteiger partial charge is 0.497 e. The Kier molecular flexibility index (Phi) is 5.43. The molecule has 0 aromatic heterocycles. The monoisotopic (exact) mass is 407 g/mol. The summed E-state index contributed by atoms with van der Waals surface area (Å²) in [6.07, 6.45) is 1.49. The van der Waals surface area contributed by atoms with Crippen LogP contribution < -0.4 is 14.4 Å². The molecule has 1 aliphatic rings. The summed E-state index contributed by atoms with van der Waals surface area (Å²) in [6, 6.07) is 10.9. The van der Waals surface area contributed by atoms with E-state index in [0.29, 0.717) is 17.2 Å². The average molecular weight is 408 g/mol. The zero-order valence-electron chi connectivity index (χ0n) is 14.8. The van der Waals surface area contributed by atoms with E-state index in [1.54, 1.807) is 42.5 Å². The Morgan fingerprint density at radius 3 is 2.48 bits per heavy atom. The molecular formula is C19H18ClNO5S. The third kappa shape index (κ3) is 3.94. The number of ether oxygens (including phenoxy) is 2. The molecular weight excluding hydrogens is 390 g/mol. The van der Waals surface area contributed by atoms with Gasteiger partial charge in [-0.15, -0.1) is 0 Å². The molecule has 2 aromatic carbocycles. The lowest BCUT2D eigenvalue weighted by Crippen LogP contribution is -2.41. The van der Waals surface area contributed by atoms with Gasteiger partial charge in [0.1, 0.15) is 11.5 Å². The van der Waals surface area contributed by atoms with Gasteiger partial charge in [0.2, 0.25) is 0 Å². The van der Waals surface area contributed by atoms with E-state index < -0.39 is 21.8 Å². The van der Waals surface area contributed by atoms with Gasteiger partial charge in [-0.05, 0) is 30.3 Å². The smallest absolute Gasteiger partial charge is 0.260 e. The Hall–Kier alpha value is -2.51. The average Bonchev–Trinajstić information content (AvgIpc) is 3.01. The van der Waals surface area contributed by atoms with Crippen molar-refractivity contribution in [2.24, 2.45) is 0 Å². The highest BCUT2D eigenvalue weighted by atomic mass is 35.5. The number of hydrogen-bond donors (Lipinski definition) is 0. The molecule has 142 valence electrons. The highest BCUT2D eigenvalue weighted by Crippen LogP contribution is 2.36. The lowest BCUT2D eigenvalue weighted by Gasteiger charge is -2.29. The number of anilines is 1. The Bertz CT molecular complexity index is 1000. The predicted molar refractivity (Wildman–Crippen MR) is 105 cm³/mol. The third-order valence-electron chi connectivity index (χ3n) is 4.21. The van der Waals surface area contributed by atoms with Gasteiger partial charge in [-0.1, -0.05) is 23.7 Å². The van der Waals surface area contributed by atoms with Crippen molar-refractivity contribution >= 4 is 33.0 Å². The number of amides is 1. The summed E-state index contributed by atoms with van der Waals surface area (Å²) < 4.78 is 34.5. The minimum atomic E-state index is -3.38. The first kappa shape index (κ1) is 19.3. The number of carbonyl (C=O) groups is 1. The summed E-state index contributed by atoms with van der Waals surface area (Å²) in [4.78, 5) is 14.7. The van der Waals surface area contributed by atoms with Crippen LogP contribution in [0.15, 0.2) is 53.9 Å². The fourth-order valence-corrected chi connectivity index (χ4v) is 4.39. The number of rotatable bonds is 5. The van der Waals surface area contributed by atoms with Crippen LogP contribution in [0.25, 0.3) is 0 Å². The van der Waals surface area contributed by atoms with Gasteiger partial charge < -0.3 is 9.47 Å². The van der Waals surface area contributed by atoms with Crippen LogP contribution in [0.3, 0.4) is 0 Å². The van der Waals surface area contributed by atoms with Crippen LogP contribution in [0.4, 0.5) is 5.69 Å². The minimum Gasteiger partial charge on any atom is -0.497 e. The van der Waals surface area contributed by atoms with Crippen molar-refractivity contribution in [2.75, 3.05) is 24.9 Å². The molecule has 2 aromatic rings. The molecule has 1 heterocycles. The first-order valence-electron chi connectivity index (χ1n) is 8.07. The molecule has 1 amide bonds. The van der Waals surface area contributed by atoms with Gasteiger partial charge in [-0.3, -0.25) is 9.69 Å². The minimum absolute atomic E-state index is 0.210. The molecule has 8 heteroatoms. The third-order valence-corrected chi connectivity index (χ3v) is 5.92. The van der Waals surface area contributed by atoms with Gasteiger partial charge in [-0.25, -0.2) is 8.42 Å². The van der Waals surface area contributed by atoms with E-state index in [1.807, 2.05) is 0 Å². The van der Waals surface area contributed by atoms with Crippen molar-refractivity contribution in [3.63, 3.8) is 0 Å². The molecule has 1 atom stereocenters. The summed E-state index contributed by atoms with van der Waals surface area (Å²) in [5, 5.41) is 1.41. The van der Waals surface area contributed by atoms with E-state index >= 15 is 0 Å². The number of methoxy groups -OCH3 is 2. The highest BCUT2D eigenvalue weighted by molar-refractivity contribution is 7.94. The van der Waals surface area contributed by atoms with E-state index in [2.05, 4.69) is 0 Å². The number of hydrogen-bond acceptors (Lipinski definition) is 5. The Morgan fingerprint density at radius 1 is 1.15 bits per heavy atom. The Morgan fingerprint density at radius 2 is 1.89 bits per heavy atom. The summed E-state index contributed by atoms with van der Waals surface area (Å²) in [5.41, 5.74) is 0.699. The van der Waals surface area contributed by atoms with Crippen molar-refractivity contribution in [1.29, 1.82) is 0 Å². The predicted octanol–water partition coefficient (Wildman–Crippen LogP) is 3.31. The van der Waals surface area contributed by atoms with Crippen molar-refractivity contribution in [1.82, 2.24) is 0 Å². The molecule has 0 bridgehead atoms. The van der Waals surface area contributed by atoms with E-state index in [-0.39, 0.29) is 16.3 Å². The molecule has 0 aliphatic carbocycles. The first-order valence-corrected chi connectivity index (χ1v) is 10.2. The lowest BCUT2D eigenvalue weighted by atomic mass is 10.1. The fourth-order valence-electron chi connectivity index (χ4n) is 2.91. The molecule has 0 N–H and O–H groups in total. The highest BCUT2D eigenvalue weighted by Gasteiger charge is 2.34. The second-order valence-corrected chi connectivity index (χ2v) is 8.26. The lowest BCUT2D eigenvalue weighted by molar-refractivity contribution is 0.0982. The summed E-state index contributed by atoms with van der Waals surface area (Å²) in [5.74, 6) is 0.303. The molecule has 0 saturated heterocycles. The normalized spacial score (nSPS) is 17.5. The molecule has 0 saturated carbocycles.